The van der Waals surface area contributed by atoms with Gasteiger partial charge in [-0.05, 0) is 55.2 Å². The number of benzene rings is 2. The first kappa shape index (κ1) is 19.9. The number of fused-ring (bicyclic) bond motifs is 2. The molecule has 6 nitrogen and oxygen atoms in total. The van der Waals surface area contributed by atoms with Crippen LogP contribution in [0.25, 0.3) is 22.3 Å². The number of rotatable bonds is 4. The molecule has 0 bridgehead atoms. The lowest BCUT2D eigenvalue weighted by Gasteiger charge is -2.19. The van der Waals surface area contributed by atoms with Gasteiger partial charge in [-0.3, -0.25) is 4.79 Å². The van der Waals surface area contributed by atoms with Crippen molar-refractivity contribution in [2.45, 2.75) is 38.1 Å². The molecule has 0 atom stereocenters. The molecule has 1 amide bonds. The van der Waals surface area contributed by atoms with Crippen molar-refractivity contribution in [2.24, 2.45) is 0 Å². The summed E-state index contributed by atoms with van der Waals surface area (Å²) in [5.74, 6) is 0.809. The van der Waals surface area contributed by atoms with Gasteiger partial charge >= 0.3 is 0 Å². The average Bonchev–Trinajstić information content (AvgIpc) is 3.53. The zero-order chi connectivity index (χ0) is 22.2. The van der Waals surface area contributed by atoms with E-state index in [0.717, 1.165) is 53.9 Å². The van der Waals surface area contributed by atoms with Crippen molar-refractivity contribution in [1.29, 1.82) is 0 Å². The third kappa shape index (κ3) is 3.71. The Morgan fingerprint density at radius 1 is 0.970 bits per heavy atom. The Morgan fingerprint density at radius 2 is 1.85 bits per heavy atom. The smallest absolute Gasteiger partial charge is 0.251 e. The largest absolute Gasteiger partial charge is 0.349 e. The van der Waals surface area contributed by atoms with Crippen LogP contribution in [-0.2, 0) is 6.42 Å². The highest BCUT2D eigenvalue weighted by atomic mass is 16.1. The molecule has 6 heteroatoms. The fourth-order valence-electron chi connectivity index (χ4n) is 5.00. The molecule has 0 saturated heterocycles. The van der Waals surface area contributed by atoms with Gasteiger partial charge in [-0.1, -0.05) is 43.2 Å². The van der Waals surface area contributed by atoms with Crippen LogP contribution in [0.15, 0.2) is 67.0 Å². The minimum absolute atomic E-state index is 0.0118. The third-order valence-electron chi connectivity index (χ3n) is 6.72. The molecular formula is C27H25N5O. The Balaban J connectivity index is 1.36. The Hall–Kier alpha value is -3.80. The summed E-state index contributed by atoms with van der Waals surface area (Å²) in [6.45, 7) is 0.869. The van der Waals surface area contributed by atoms with Crippen LogP contribution in [0.3, 0.4) is 0 Å². The van der Waals surface area contributed by atoms with E-state index in [2.05, 4.69) is 44.5 Å². The number of anilines is 2. The molecule has 0 spiro atoms. The van der Waals surface area contributed by atoms with Crippen LogP contribution >= 0.6 is 0 Å². The second kappa shape index (κ2) is 8.28. The Kier molecular flexibility index (Phi) is 4.98. The Labute approximate surface area is 192 Å². The lowest BCUT2D eigenvalue weighted by atomic mass is 10.1. The molecule has 33 heavy (non-hydrogen) atoms. The topological polar surface area (TPSA) is 71.0 Å². The van der Waals surface area contributed by atoms with Crippen molar-refractivity contribution in [3.63, 3.8) is 0 Å². The van der Waals surface area contributed by atoms with Crippen molar-refractivity contribution in [3.05, 3.63) is 78.1 Å². The van der Waals surface area contributed by atoms with Crippen LogP contribution < -0.4 is 10.2 Å². The molecule has 2 aliphatic rings. The van der Waals surface area contributed by atoms with Crippen molar-refractivity contribution >= 4 is 28.4 Å². The van der Waals surface area contributed by atoms with Crippen LogP contribution in [0.1, 0.15) is 41.6 Å². The number of carbonyl (C=O) groups excluding carboxylic acids is 1. The first-order valence-corrected chi connectivity index (χ1v) is 11.6. The fourth-order valence-corrected chi connectivity index (χ4v) is 5.00. The van der Waals surface area contributed by atoms with E-state index >= 15 is 0 Å². The number of para-hydroxylation sites is 1. The van der Waals surface area contributed by atoms with Crippen LogP contribution in [0.2, 0.25) is 0 Å². The lowest BCUT2D eigenvalue weighted by Crippen LogP contribution is -2.32. The molecule has 2 aromatic carbocycles. The normalized spacial score (nSPS) is 15.7. The third-order valence-corrected chi connectivity index (χ3v) is 6.72. The SMILES string of the molecule is O=C(NC1CCCC1)c1cccc(-c2ccc3ncnc(N4CCc5ccccc54)c3n2)c1. The molecule has 1 aliphatic heterocycles. The quantitative estimate of drug-likeness (QED) is 0.485. The number of amides is 1. The zero-order valence-corrected chi connectivity index (χ0v) is 18.4. The molecule has 1 fully saturated rings. The molecule has 3 heterocycles. The van der Waals surface area contributed by atoms with Gasteiger partial charge in [0.1, 0.15) is 11.8 Å². The summed E-state index contributed by atoms with van der Waals surface area (Å²) in [6, 6.07) is 20.4. The van der Waals surface area contributed by atoms with E-state index in [9.17, 15) is 4.79 Å². The molecule has 6 rings (SSSR count). The maximum Gasteiger partial charge on any atom is 0.251 e. The second-order valence-corrected chi connectivity index (χ2v) is 8.83. The van der Waals surface area contributed by atoms with E-state index in [1.54, 1.807) is 6.33 Å². The Morgan fingerprint density at radius 3 is 2.76 bits per heavy atom. The summed E-state index contributed by atoms with van der Waals surface area (Å²) >= 11 is 0. The minimum atomic E-state index is -0.0118. The van der Waals surface area contributed by atoms with Gasteiger partial charge in [0.05, 0.1) is 11.2 Å². The number of nitrogens with one attached hydrogen (secondary N) is 1. The summed E-state index contributed by atoms with van der Waals surface area (Å²) in [4.78, 5) is 29.0. The fraction of sp³-hybridized carbons (Fsp3) is 0.259. The van der Waals surface area contributed by atoms with E-state index < -0.39 is 0 Å². The summed E-state index contributed by atoms with van der Waals surface area (Å²) in [5.41, 5.74) is 6.46. The monoisotopic (exact) mass is 435 g/mol. The van der Waals surface area contributed by atoms with Crippen molar-refractivity contribution in [1.82, 2.24) is 20.3 Å². The molecular weight excluding hydrogens is 410 g/mol. The maximum atomic E-state index is 12.8. The lowest BCUT2D eigenvalue weighted by molar-refractivity contribution is 0.0938. The van der Waals surface area contributed by atoms with Crippen LogP contribution in [0.4, 0.5) is 11.5 Å². The number of pyridine rings is 1. The maximum absolute atomic E-state index is 12.8. The highest BCUT2D eigenvalue weighted by molar-refractivity contribution is 5.96. The summed E-state index contributed by atoms with van der Waals surface area (Å²) < 4.78 is 0. The molecule has 1 aliphatic carbocycles. The van der Waals surface area contributed by atoms with Gasteiger partial charge < -0.3 is 10.2 Å². The zero-order valence-electron chi connectivity index (χ0n) is 18.4. The number of nitrogens with zero attached hydrogens (tertiary/aromatic N) is 4. The molecule has 164 valence electrons. The van der Waals surface area contributed by atoms with Gasteiger partial charge in [0.25, 0.3) is 5.91 Å². The molecule has 4 aromatic rings. The number of aromatic nitrogens is 3. The van der Waals surface area contributed by atoms with E-state index in [1.807, 2.05) is 36.4 Å². The summed E-state index contributed by atoms with van der Waals surface area (Å²) in [5, 5.41) is 3.17. The molecule has 0 unspecified atom stereocenters. The predicted molar refractivity (Wildman–Crippen MR) is 130 cm³/mol. The van der Waals surface area contributed by atoms with E-state index in [4.69, 9.17) is 4.98 Å². The van der Waals surface area contributed by atoms with E-state index in [1.165, 1.54) is 24.1 Å². The van der Waals surface area contributed by atoms with Crippen LogP contribution in [-0.4, -0.2) is 33.4 Å². The van der Waals surface area contributed by atoms with Gasteiger partial charge in [0.2, 0.25) is 0 Å². The Bertz CT molecular complexity index is 1350. The second-order valence-electron chi connectivity index (χ2n) is 8.83. The van der Waals surface area contributed by atoms with Gasteiger partial charge in [-0.2, -0.15) is 0 Å². The van der Waals surface area contributed by atoms with E-state index in [-0.39, 0.29) is 5.91 Å². The molecule has 1 N–H and O–H groups in total. The molecule has 2 aromatic heterocycles. The predicted octanol–water partition coefficient (Wildman–Crippen LogP) is 5.06. The highest BCUT2D eigenvalue weighted by Gasteiger charge is 2.24. The van der Waals surface area contributed by atoms with Crippen LogP contribution in [0, 0.1) is 0 Å². The minimum Gasteiger partial charge on any atom is -0.349 e. The summed E-state index contributed by atoms with van der Waals surface area (Å²) in [7, 11) is 0. The number of hydrogen-bond donors (Lipinski definition) is 1. The van der Waals surface area contributed by atoms with Crippen molar-refractivity contribution in [3.8, 4) is 11.3 Å². The van der Waals surface area contributed by atoms with Gasteiger partial charge in [-0.15, -0.1) is 0 Å². The first-order valence-electron chi connectivity index (χ1n) is 11.6. The molecule has 1 saturated carbocycles. The highest BCUT2D eigenvalue weighted by Crippen LogP contribution is 2.36. The number of hydrogen-bond acceptors (Lipinski definition) is 5. The first-order chi connectivity index (χ1) is 16.3. The van der Waals surface area contributed by atoms with Crippen molar-refractivity contribution < 1.29 is 4.79 Å². The van der Waals surface area contributed by atoms with Gasteiger partial charge in [0, 0.05) is 29.4 Å². The standard InChI is InChI=1S/C27H25N5O/c33-27(30-21-9-2-3-10-21)20-8-5-7-19(16-20)22-12-13-23-25(31-22)26(29-17-28-23)32-15-14-18-6-1-4-11-24(18)32/h1,4-8,11-13,16-17,21H,2-3,9-10,14-15H2,(H,30,33). The van der Waals surface area contributed by atoms with E-state index in [0.29, 0.717) is 11.6 Å². The van der Waals surface area contributed by atoms with Gasteiger partial charge in [0.15, 0.2) is 5.82 Å². The molecule has 0 radical (unpaired) electrons. The average molecular weight is 436 g/mol. The van der Waals surface area contributed by atoms with Crippen molar-refractivity contribution in [2.75, 3.05) is 11.4 Å². The summed E-state index contributed by atoms with van der Waals surface area (Å²) in [6.07, 6.45) is 7.11. The van der Waals surface area contributed by atoms with Gasteiger partial charge in [-0.25, -0.2) is 15.0 Å². The van der Waals surface area contributed by atoms with Crippen LogP contribution in [0.5, 0.6) is 0 Å². The number of carbonyl (C=O) groups is 1.